The van der Waals surface area contributed by atoms with Crippen molar-refractivity contribution in [3.05, 3.63) is 103 Å². The van der Waals surface area contributed by atoms with Gasteiger partial charge < -0.3 is 23.5 Å². The van der Waals surface area contributed by atoms with E-state index in [1.54, 1.807) is 29.7 Å². The minimum atomic E-state index is -0.805. The van der Waals surface area contributed by atoms with Crippen LogP contribution < -0.4 is 29.3 Å². The number of thiazole rings is 1. The van der Waals surface area contributed by atoms with Crippen LogP contribution in [0.25, 0.3) is 11.8 Å². The number of carbonyl (C=O) groups is 1. The third-order valence-corrected chi connectivity index (χ3v) is 7.40. The van der Waals surface area contributed by atoms with Crippen molar-refractivity contribution in [1.82, 2.24) is 4.57 Å². The highest BCUT2D eigenvalue weighted by Gasteiger charge is 2.36. The van der Waals surface area contributed by atoms with E-state index in [-0.39, 0.29) is 24.5 Å². The fourth-order valence-electron chi connectivity index (χ4n) is 4.63. The van der Waals surface area contributed by atoms with E-state index in [0.29, 0.717) is 43.7 Å². The molecule has 6 rings (SSSR count). The summed E-state index contributed by atoms with van der Waals surface area (Å²) >= 11 is 1.24. The van der Waals surface area contributed by atoms with E-state index in [1.165, 1.54) is 11.3 Å². The Bertz CT molecular complexity index is 1780. The Morgan fingerprint density at radius 3 is 2.67 bits per heavy atom. The van der Waals surface area contributed by atoms with Crippen molar-refractivity contribution in [2.75, 3.05) is 32.4 Å². The largest absolute Gasteiger partial charge is 0.463 e. The molecule has 4 heterocycles. The number of esters is 1. The van der Waals surface area contributed by atoms with E-state index in [9.17, 15) is 9.59 Å². The predicted octanol–water partition coefficient (Wildman–Crippen LogP) is 3.32. The lowest BCUT2D eigenvalue weighted by Crippen LogP contribution is -2.40. The van der Waals surface area contributed by atoms with E-state index < -0.39 is 12.0 Å². The molecular formula is C29H25N3O6S. The first-order valence-electron chi connectivity index (χ1n) is 12.4. The van der Waals surface area contributed by atoms with Crippen LogP contribution in [0.2, 0.25) is 0 Å². The maximum atomic E-state index is 13.9. The number of benzene rings is 2. The highest BCUT2D eigenvalue weighted by molar-refractivity contribution is 7.07. The lowest BCUT2D eigenvalue weighted by Gasteiger charge is -2.26. The normalized spacial score (nSPS) is 16.2. The summed E-state index contributed by atoms with van der Waals surface area (Å²) in [5.41, 5.74) is 1.85. The van der Waals surface area contributed by atoms with Crippen LogP contribution in [0.1, 0.15) is 29.9 Å². The van der Waals surface area contributed by atoms with Crippen LogP contribution >= 0.6 is 11.3 Å². The molecular weight excluding hydrogens is 518 g/mol. The van der Waals surface area contributed by atoms with Gasteiger partial charge in [0.1, 0.15) is 5.76 Å². The van der Waals surface area contributed by atoms with Gasteiger partial charge in [-0.3, -0.25) is 9.36 Å². The highest BCUT2D eigenvalue weighted by Crippen LogP contribution is 2.40. The van der Waals surface area contributed by atoms with Crippen LogP contribution in [-0.2, 0) is 9.53 Å². The second-order valence-electron chi connectivity index (χ2n) is 9.11. The lowest BCUT2D eigenvalue weighted by atomic mass is 9.93. The second kappa shape index (κ2) is 9.95. The van der Waals surface area contributed by atoms with E-state index in [2.05, 4.69) is 0 Å². The number of rotatable bonds is 6. The van der Waals surface area contributed by atoms with Gasteiger partial charge in [-0.2, -0.15) is 0 Å². The van der Waals surface area contributed by atoms with Gasteiger partial charge in [0.05, 0.1) is 28.5 Å². The molecule has 39 heavy (non-hydrogen) atoms. The monoisotopic (exact) mass is 543 g/mol. The lowest BCUT2D eigenvalue weighted by molar-refractivity contribution is -0.138. The Hall–Kier alpha value is -4.57. The van der Waals surface area contributed by atoms with E-state index in [4.69, 9.17) is 23.6 Å². The number of hydrogen-bond donors (Lipinski definition) is 0. The Balaban J connectivity index is 1.62. The summed E-state index contributed by atoms with van der Waals surface area (Å²) in [7, 11) is 3.76. The summed E-state index contributed by atoms with van der Waals surface area (Å²) in [6, 6.07) is 17.7. The molecule has 2 aliphatic rings. The Kier molecular flexibility index (Phi) is 6.32. The van der Waals surface area contributed by atoms with Crippen LogP contribution in [0.5, 0.6) is 11.5 Å². The molecule has 198 valence electrons. The molecule has 2 aromatic carbocycles. The van der Waals surface area contributed by atoms with Crippen molar-refractivity contribution < 1.29 is 23.4 Å². The molecule has 1 unspecified atom stereocenters. The zero-order chi connectivity index (χ0) is 27.1. The first-order valence-corrected chi connectivity index (χ1v) is 13.2. The van der Waals surface area contributed by atoms with Crippen molar-refractivity contribution >= 4 is 35.0 Å². The molecule has 2 aromatic heterocycles. The first kappa shape index (κ1) is 24.7. The molecule has 0 spiro atoms. The van der Waals surface area contributed by atoms with Crippen molar-refractivity contribution in [2.45, 2.75) is 13.0 Å². The second-order valence-corrected chi connectivity index (χ2v) is 10.1. The van der Waals surface area contributed by atoms with Gasteiger partial charge in [-0.05, 0) is 30.7 Å². The first-order chi connectivity index (χ1) is 18.9. The SMILES string of the molecule is CCOC(=O)C1=C(c2ccccc2)N=c2sc(=Cc3ccc(N(C)C)o3)c(=O)n2C1c1ccc2c(c1)OCO2. The number of aromatic nitrogens is 1. The molecule has 1 atom stereocenters. The van der Waals surface area contributed by atoms with Gasteiger partial charge in [-0.25, -0.2) is 9.79 Å². The maximum absolute atomic E-state index is 13.9. The zero-order valence-electron chi connectivity index (χ0n) is 21.5. The zero-order valence-corrected chi connectivity index (χ0v) is 22.4. The van der Waals surface area contributed by atoms with Crippen molar-refractivity contribution in [3.8, 4) is 11.5 Å². The van der Waals surface area contributed by atoms with Gasteiger partial charge in [0.2, 0.25) is 6.79 Å². The van der Waals surface area contributed by atoms with Crippen LogP contribution in [0.3, 0.4) is 0 Å². The summed E-state index contributed by atoms with van der Waals surface area (Å²) in [5, 5.41) is 0. The van der Waals surface area contributed by atoms with E-state index >= 15 is 0 Å². The van der Waals surface area contributed by atoms with Gasteiger partial charge >= 0.3 is 5.97 Å². The van der Waals surface area contributed by atoms with Crippen LogP contribution in [0, 0.1) is 0 Å². The van der Waals surface area contributed by atoms with Gasteiger partial charge in [0.15, 0.2) is 22.2 Å². The average molecular weight is 544 g/mol. The van der Waals surface area contributed by atoms with Gasteiger partial charge in [0.25, 0.3) is 5.56 Å². The van der Waals surface area contributed by atoms with E-state index in [0.717, 1.165) is 5.56 Å². The van der Waals surface area contributed by atoms with Crippen LogP contribution in [0.15, 0.2) is 80.4 Å². The van der Waals surface area contributed by atoms with Gasteiger partial charge in [-0.1, -0.05) is 47.7 Å². The smallest absolute Gasteiger partial charge is 0.338 e. The maximum Gasteiger partial charge on any atom is 0.338 e. The molecule has 10 heteroatoms. The quantitative estimate of drug-likeness (QED) is 0.344. The molecule has 0 aliphatic carbocycles. The summed E-state index contributed by atoms with van der Waals surface area (Å²) in [6.45, 7) is 2.03. The molecule has 0 radical (unpaired) electrons. The topological polar surface area (TPSA) is 95.5 Å². The fraction of sp³-hybridized carbons (Fsp3) is 0.207. The minimum Gasteiger partial charge on any atom is -0.463 e. The number of hydrogen-bond acceptors (Lipinski definition) is 9. The summed E-state index contributed by atoms with van der Waals surface area (Å²) in [4.78, 5) is 34.6. The van der Waals surface area contributed by atoms with Gasteiger partial charge in [0, 0.05) is 31.8 Å². The number of furan rings is 1. The number of fused-ring (bicyclic) bond motifs is 2. The van der Waals surface area contributed by atoms with Crippen molar-refractivity contribution in [2.24, 2.45) is 4.99 Å². The van der Waals surface area contributed by atoms with Gasteiger partial charge in [-0.15, -0.1) is 0 Å². The molecule has 0 saturated carbocycles. The minimum absolute atomic E-state index is 0.107. The fourth-order valence-corrected chi connectivity index (χ4v) is 5.61. The number of ether oxygens (including phenoxy) is 3. The molecule has 0 N–H and O–H groups in total. The highest BCUT2D eigenvalue weighted by atomic mass is 32.1. The molecule has 0 bridgehead atoms. The Labute approximate surface area is 227 Å². The number of carbonyl (C=O) groups excluding carboxylic acids is 1. The molecule has 0 saturated heterocycles. The van der Waals surface area contributed by atoms with Crippen LogP contribution in [0.4, 0.5) is 5.88 Å². The Morgan fingerprint density at radius 1 is 1.13 bits per heavy atom. The third-order valence-electron chi connectivity index (χ3n) is 6.41. The molecule has 2 aliphatic heterocycles. The molecule has 4 aromatic rings. The summed E-state index contributed by atoms with van der Waals surface area (Å²) in [5.74, 6) is 1.81. The standard InChI is InChI=1S/C29H25N3O6S/c1-4-35-28(34)24-25(17-8-6-5-7-9-17)30-29-32(26(24)18-10-12-20-21(14-18)37-16-36-20)27(33)22(39-29)15-19-11-13-23(38-19)31(2)3/h5-15,26H,4,16H2,1-3H3. The average Bonchev–Trinajstić information content (AvgIpc) is 3.68. The van der Waals surface area contributed by atoms with E-state index in [1.807, 2.05) is 67.5 Å². The van der Waals surface area contributed by atoms with Crippen LogP contribution in [-0.4, -0.2) is 38.0 Å². The predicted molar refractivity (Wildman–Crippen MR) is 147 cm³/mol. The van der Waals surface area contributed by atoms with Crippen molar-refractivity contribution in [3.63, 3.8) is 0 Å². The number of nitrogens with zero attached hydrogens (tertiary/aromatic N) is 3. The Morgan fingerprint density at radius 2 is 1.92 bits per heavy atom. The molecule has 0 fully saturated rings. The third kappa shape index (κ3) is 4.42. The molecule has 9 nitrogen and oxygen atoms in total. The molecule has 0 amide bonds. The summed E-state index contributed by atoms with van der Waals surface area (Å²) in [6.07, 6.45) is 1.70. The summed E-state index contributed by atoms with van der Waals surface area (Å²) < 4.78 is 24.5. The van der Waals surface area contributed by atoms with Crippen molar-refractivity contribution in [1.29, 1.82) is 0 Å². The number of anilines is 1.